The van der Waals surface area contributed by atoms with Crippen LogP contribution in [0.5, 0.6) is 11.5 Å². The second-order valence-electron chi connectivity index (χ2n) is 15.5. The van der Waals surface area contributed by atoms with E-state index in [1.54, 1.807) is 59.7 Å². The average molecular weight is 827 g/mol. The molecule has 0 unspecified atom stereocenters. The fourth-order valence-corrected chi connectivity index (χ4v) is 5.93. The number of nitrogens with two attached hydrogens (primary N) is 1. The lowest BCUT2D eigenvalue weighted by atomic mass is 10.1. The molecule has 302 valence electrons. The van der Waals surface area contributed by atoms with Crippen molar-refractivity contribution in [2.75, 3.05) is 20.5 Å². The number of halogens is 2. The minimum absolute atomic E-state index is 0.0150. The molecular formula is C37H49Cl2N3O12Si. The van der Waals surface area contributed by atoms with Crippen LogP contribution < -0.4 is 21.1 Å². The molecule has 0 saturated heterocycles. The van der Waals surface area contributed by atoms with Crippen LogP contribution in [-0.4, -0.2) is 69.0 Å². The third kappa shape index (κ3) is 13.6. The van der Waals surface area contributed by atoms with E-state index in [0.717, 1.165) is 6.04 Å². The largest absolute Gasteiger partial charge is 0.505 e. The van der Waals surface area contributed by atoms with Crippen LogP contribution in [0.15, 0.2) is 33.1 Å². The van der Waals surface area contributed by atoms with Gasteiger partial charge in [0, 0.05) is 25.5 Å². The summed E-state index contributed by atoms with van der Waals surface area (Å²) in [4.78, 5) is 47.5. The summed E-state index contributed by atoms with van der Waals surface area (Å²) in [5, 5.41) is 16.3. The molecule has 5 N–H and O–H groups in total. The molecule has 2 heterocycles. The van der Waals surface area contributed by atoms with Gasteiger partial charge in [0.15, 0.2) is 29.5 Å². The summed E-state index contributed by atoms with van der Waals surface area (Å²) in [6, 6.07) is 7.32. The van der Waals surface area contributed by atoms with Crippen molar-refractivity contribution in [3.63, 3.8) is 0 Å². The molecule has 18 heteroatoms. The van der Waals surface area contributed by atoms with Crippen molar-refractivity contribution >= 4 is 77.3 Å². The minimum Gasteiger partial charge on any atom is -0.505 e. The Kier molecular flexibility index (Phi) is 14.9. The summed E-state index contributed by atoms with van der Waals surface area (Å²) in [6.45, 7) is 17.9. The zero-order valence-electron chi connectivity index (χ0n) is 32.6. The highest BCUT2D eigenvalue weighted by Gasteiger charge is 2.26. The highest BCUT2D eigenvalue weighted by atomic mass is 35.5. The van der Waals surface area contributed by atoms with Gasteiger partial charge in [-0.05, 0) is 71.9 Å². The number of methoxy groups -OCH3 is 1. The molecule has 4 aromatic rings. The Morgan fingerprint density at radius 3 is 1.71 bits per heavy atom. The molecule has 4 rings (SSSR count). The molecule has 0 fully saturated rings. The van der Waals surface area contributed by atoms with E-state index in [2.05, 4.69) is 30.3 Å². The molecule has 3 amide bonds. The molecule has 2 aromatic carbocycles. The van der Waals surface area contributed by atoms with E-state index in [-0.39, 0.29) is 58.0 Å². The van der Waals surface area contributed by atoms with Crippen LogP contribution in [0.2, 0.25) is 35.7 Å². The molecule has 0 atom stereocenters. The maximum atomic E-state index is 12.5. The lowest BCUT2D eigenvalue weighted by molar-refractivity contribution is 0.0208. The third-order valence-electron chi connectivity index (χ3n) is 7.08. The number of furan rings is 2. The number of benzene rings is 2. The molecule has 0 spiro atoms. The predicted molar refractivity (Wildman–Crippen MR) is 210 cm³/mol. The minimum atomic E-state index is -1.23. The van der Waals surface area contributed by atoms with Gasteiger partial charge < -0.3 is 54.0 Å². The maximum Gasteiger partial charge on any atom is 0.408 e. The Labute approximate surface area is 330 Å². The highest BCUT2D eigenvalue weighted by molar-refractivity contribution is 6.76. The van der Waals surface area contributed by atoms with Crippen LogP contribution in [0.4, 0.5) is 9.59 Å². The highest BCUT2D eigenvalue weighted by Crippen LogP contribution is 2.38. The van der Waals surface area contributed by atoms with Crippen molar-refractivity contribution in [1.82, 2.24) is 10.6 Å². The Balaban J connectivity index is 0.000000311. The van der Waals surface area contributed by atoms with Crippen LogP contribution in [-0.2, 0) is 32.0 Å². The van der Waals surface area contributed by atoms with Gasteiger partial charge in [0.25, 0.3) is 5.91 Å². The smallest absolute Gasteiger partial charge is 0.408 e. The SMILES string of the molecule is CC(C)(C)OC(=O)NCc1cc2cc(Cl)c(O)c(C(N)=O)c2o1.COC(=O)c1c(OCOCC[Si](C)(C)C)c(Cl)cc2cc(CNC(=O)OC(C)(C)C)oc12. The topological polar surface area (TPSA) is 211 Å². The summed E-state index contributed by atoms with van der Waals surface area (Å²) in [6.07, 6.45) is -1.18. The van der Waals surface area contributed by atoms with Gasteiger partial charge in [0.2, 0.25) is 0 Å². The lowest BCUT2D eigenvalue weighted by Gasteiger charge is -2.19. The Bertz CT molecular complexity index is 2020. The zero-order chi connectivity index (χ0) is 41.5. The first kappa shape index (κ1) is 44.8. The Morgan fingerprint density at radius 1 is 0.800 bits per heavy atom. The second kappa shape index (κ2) is 18.3. The fraction of sp³-hybridized carbons (Fsp3) is 0.459. The number of phenols is 1. The maximum absolute atomic E-state index is 12.5. The van der Waals surface area contributed by atoms with Gasteiger partial charge in [-0.25, -0.2) is 14.4 Å². The van der Waals surface area contributed by atoms with E-state index in [9.17, 15) is 24.3 Å². The molecule has 0 saturated carbocycles. The summed E-state index contributed by atoms with van der Waals surface area (Å²) >= 11 is 12.2. The monoisotopic (exact) mass is 825 g/mol. The van der Waals surface area contributed by atoms with Gasteiger partial charge in [-0.3, -0.25) is 4.79 Å². The van der Waals surface area contributed by atoms with Gasteiger partial charge in [-0.2, -0.15) is 0 Å². The van der Waals surface area contributed by atoms with Crippen molar-refractivity contribution in [2.45, 2.75) is 91.5 Å². The lowest BCUT2D eigenvalue weighted by Crippen LogP contribution is -2.32. The molecule has 0 aliphatic carbocycles. The summed E-state index contributed by atoms with van der Waals surface area (Å²) in [5.41, 5.74) is 4.24. The number of nitrogens with one attached hydrogen (secondary N) is 2. The molecule has 15 nitrogen and oxygen atoms in total. The van der Waals surface area contributed by atoms with Crippen LogP contribution >= 0.6 is 23.2 Å². The van der Waals surface area contributed by atoms with Crippen molar-refractivity contribution in [3.05, 3.63) is 57.0 Å². The zero-order valence-corrected chi connectivity index (χ0v) is 35.1. The quantitative estimate of drug-likeness (QED) is 0.0348. The number of fused-ring (bicyclic) bond motifs is 2. The number of carbonyl (C=O) groups is 4. The predicted octanol–water partition coefficient (Wildman–Crippen LogP) is 8.50. The van der Waals surface area contributed by atoms with E-state index >= 15 is 0 Å². The number of aromatic hydroxyl groups is 1. The van der Waals surface area contributed by atoms with Crippen molar-refractivity contribution in [1.29, 1.82) is 0 Å². The summed E-state index contributed by atoms with van der Waals surface area (Å²) in [5.74, 6) is -1.06. The van der Waals surface area contributed by atoms with Gasteiger partial charge >= 0.3 is 18.2 Å². The van der Waals surface area contributed by atoms with Crippen LogP contribution in [0.25, 0.3) is 21.9 Å². The van der Waals surface area contributed by atoms with Crippen molar-refractivity contribution in [2.24, 2.45) is 5.73 Å². The first-order chi connectivity index (χ1) is 25.4. The van der Waals surface area contributed by atoms with Crippen LogP contribution in [0.3, 0.4) is 0 Å². The van der Waals surface area contributed by atoms with Crippen LogP contribution in [0.1, 0.15) is 73.8 Å². The standard InChI is InChI=1S/C22H32ClNO7Si.C15H17ClN2O5/c1-22(2,3)31-21(26)24-12-15-10-14-11-16(23)19(17(18(14)30-15)20(25)27-4)29-13-28-8-9-32(5,6)7;1-15(2,3)23-14(21)18-6-8-4-7-5-9(16)11(19)10(13(17)20)12(7)22-8/h10-11H,8-9,12-13H2,1-7H3,(H,24,26);4-5,19H,6H2,1-3H3,(H2,17,20)(H,18,21). The first-order valence-corrected chi connectivity index (χ1v) is 21.6. The van der Waals surface area contributed by atoms with E-state index < -0.39 is 49.1 Å². The van der Waals surface area contributed by atoms with Crippen LogP contribution in [0, 0.1) is 0 Å². The van der Waals surface area contributed by atoms with E-state index in [1.165, 1.54) is 13.2 Å². The number of ether oxygens (including phenoxy) is 5. The molecule has 0 radical (unpaired) electrons. The van der Waals surface area contributed by atoms with Gasteiger partial charge in [-0.1, -0.05) is 42.8 Å². The molecule has 0 aliphatic heterocycles. The third-order valence-corrected chi connectivity index (χ3v) is 9.35. The van der Waals surface area contributed by atoms with E-state index in [4.69, 9.17) is 61.5 Å². The number of amides is 3. The molecule has 2 aromatic heterocycles. The van der Waals surface area contributed by atoms with Crippen molar-refractivity contribution in [3.8, 4) is 11.5 Å². The number of primary amides is 1. The average Bonchev–Trinajstić information content (AvgIpc) is 3.63. The molecule has 0 bridgehead atoms. The summed E-state index contributed by atoms with van der Waals surface area (Å²) < 4.78 is 37.8. The normalized spacial score (nSPS) is 11.8. The Hall–Kier alpha value is -4.64. The molecule has 55 heavy (non-hydrogen) atoms. The molecular weight excluding hydrogens is 777 g/mol. The summed E-state index contributed by atoms with van der Waals surface area (Å²) in [7, 11) is 0.0315. The number of alkyl carbamates (subject to hydrolysis) is 2. The number of hydrogen-bond acceptors (Lipinski definition) is 12. The van der Waals surface area contributed by atoms with Gasteiger partial charge in [-0.15, -0.1) is 0 Å². The Morgan fingerprint density at radius 2 is 1.27 bits per heavy atom. The van der Waals surface area contributed by atoms with Crippen molar-refractivity contribution < 1.29 is 56.8 Å². The first-order valence-electron chi connectivity index (χ1n) is 17.1. The van der Waals surface area contributed by atoms with Gasteiger partial charge in [0.1, 0.15) is 33.8 Å². The number of carbonyl (C=O) groups excluding carboxylic acids is 4. The van der Waals surface area contributed by atoms with E-state index in [0.29, 0.717) is 28.9 Å². The molecule has 0 aliphatic rings. The second-order valence-corrected chi connectivity index (χ2v) is 21.9. The van der Waals surface area contributed by atoms with Gasteiger partial charge in [0.05, 0.1) is 30.2 Å². The number of esters is 1. The number of rotatable bonds is 12. The fourth-order valence-electron chi connectivity index (χ4n) is 4.69. The van der Waals surface area contributed by atoms with E-state index in [1.807, 2.05) is 0 Å². The number of hydrogen-bond donors (Lipinski definition) is 4.